The van der Waals surface area contributed by atoms with Crippen molar-refractivity contribution >= 4 is 23.3 Å². The Morgan fingerprint density at radius 1 is 1.43 bits per heavy atom. The minimum atomic E-state index is -0.664. The molecule has 1 aromatic heterocycles. The Labute approximate surface area is 126 Å². The molecule has 2 aliphatic heterocycles. The van der Waals surface area contributed by atoms with Gasteiger partial charge in [-0.15, -0.1) is 11.3 Å². The maximum absolute atomic E-state index is 12.3. The third kappa shape index (κ3) is 3.51. The van der Waals surface area contributed by atoms with Crippen molar-refractivity contribution < 1.29 is 14.3 Å². The molecule has 0 saturated carbocycles. The van der Waals surface area contributed by atoms with Gasteiger partial charge >= 0.3 is 6.09 Å². The largest absolute Gasteiger partial charge is 0.434 e. The number of carbonyl (C=O) groups excluding carboxylic acids is 2. The van der Waals surface area contributed by atoms with E-state index in [0.717, 1.165) is 31.7 Å². The molecule has 0 aromatic carbocycles. The van der Waals surface area contributed by atoms with Crippen LogP contribution in [0.5, 0.6) is 0 Å². The summed E-state index contributed by atoms with van der Waals surface area (Å²) in [6, 6.07) is 0. The summed E-state index contributed by atoms with van der Waals surface area (Å²) < 4.78 is 4.97. The Morgan fingerprint density at radius 2 is 2.33 bits per heavy atom. The van der Waals surface area contributed by atoms with Crippen LogP contribution in [-0.2, 0) is 16.1 Å². The van der Waals surface area contributed by atoms with Crippen LogP contribution in [0.2, 0.25) is 0 Å². The minimum Gasteiger partial charge on any atom is -0.434 e. The average Bonchev–Trinajstić information content (AvgIpc) is 3.07. The highest BCUT2D eigenvalue weighted by Gasteiger charge is 2.33. The standard InChI is InChI=1S/C13H18N4O3S/c18-12(11-6-14-13(19)20-11)17-3-1-2-16(4-5-17)7-10-8-21-9-15-10/h8-9,11H,1-7H2,(H,14,19)/t11-/m0/s1. The van der Waals surface area contributed by atoms with Gasteiger partial charge in [-0.3, -0.25) is 9.69 Å². The fraction of sp³-hybridized carbons (Fsp3) is 0.615. The predicted octanol–water partition coefficient (Wildman–Crippen LogP) is 0.286. The van der Waals surface area contributed by atoms with Gasteiger partial charge in [0, 0.05) is 38.1 Å². The first-order valence-corrected chi connectivity index (χ1v) is 7.99. The van der Waals surface area contributed by atoms with Crippen LogP contribution in [0.15, 0.2) is 10.9 Å². The van der Waals surface area contributed by atoms with Gasteiger partial charge in [0.15, 0.2) is 6.10 Å². The second-order valence-corrected chi connectivity index (χ2v) is 5.93. The van der Waals surface area contributed by atoms with Crippen LogP contribution in [0.1, 0.15) is 12.1 Å². The molecule has 1 aromatic rings. The summed E-state index contributed by atoms with van der Waals surface area (Å²) in [5.41, 5.74) is 2.92. The number of hydrogen-bond acceptors (Lipinski definition) is 6. The lowest BCUT2D eigenvalue weighted by molar-refractivity contribution is -0.138. The van der Waals surface area contributed by atoms with E-state index < -0.39 is 12.2 Å². The van der Waals surface area contributed by atoms with Gasteiger partial charge in [0.05, 0.1) is 17.7 Å². The lowest BCUT2D eigenvalue weighted by Crippen LogP contribution is -2.42. The average molecular weight is 310 g/mol. The molecule has 0 bridgehead atoms. The zero-order valence-electron chi connectivity index (χ0n) is 11.7. The zero-order chi connectivity index (χ0) is 14.7. The number of hydrogen-bond donors (Lipinski definition) is 1. The van der Waals surface area contributed by atoms with E-state index in [1.165, 1.54) is 0 Å². The number of carbonyl (C=O) groups is 2. The molecule has 3 heterocycles. The molecule has 21 heavy (non-hydrogen) atoms. The Hall–Kier alpha value is -1.67. The maximum Gasteiger partial charge on any atom is 0.408 e. The molecule has 2 fully saturated rings. The van der Waals surface area contributed by atoms with E-state index in [1.54, 1.807) is 16.2 Å². The smallest absolute Gasteiger partial charge is 0.408 e. The molecule has 3 rings (SSSR count). The first-order valence-electron chi connectivity index (χ1n) is 7.05. The van der Waals surface area contributed by atoms with Gasteiger partial charge in [-0.25, -0.2) is 9.78 Å². The fourth-order valence-corrected chi connectivity index (χ4v) is 3.17. The highest BCUT2D eigenvalue weighted by Crippen LogP contribution is 2.12. The molecule has 0 unspecified atom stereocenters. The van der Waals surface area contributed by atoms with Crippen LogP contribution in [0.25, 0.3) is 0 Å². The molecule has 2 saturated heterocycles. The summed E-state index contributed by atoms with van der Waals surface area (Å²) in [6.07, 6.45) is -0.250. The van der Waals surface area contributed by atoms with Gasteiger partial charge in [0.2, 0.25) is 0 Å². The number of amides is 2. The summed E-state index contributed by atoms with van der Waals surface area (Å²) in [4.78, 5) is 31.7. The summed E-state index contributed by atoms with van der Waals surface area (Å²) in [5, 5.41) is 4.57. The molecule has 1 N–H and O–H groups in total. The number of thiazole rings is 1. The zero-order valence-corrected chi connectivity index (χ0v) is 12.5. The number of nitrogens with one attached hydrogen (secondary N) is 1. The fourth-order valence-electron chi connectivity index (χ4n) is 2.62. The number of rotatable bonds is 3. The molecular weight excluding hydrogens is 292 g/mol. The molecule has 0 aliphatic carbocycles. The summed E-state index contributed by atoms with van der Waals surface area (Å²) >= 11 is 1.60. The van der Waals surface area contributed by atoms with E-state index in [1.807, 2.05) is 5.51 Å². The molecule has 7 nitrogen and oxygen atoms in total. The quantitative estimate of drug-likeness (QED) is 0.868. The van der Waals surface area contributed by atoms with E-state index in [9.17, 15) is 9.59 Å². The van der Waals surface area contributed by atoms with Gasteiger partial charge in [-0.2, -0.15) is 0 Å². The van der Waals surface area contributed by atoms with E-state index in [0.29, 0.717) is 13.1 Å². The summed E-state index contributed by atoms with van der Waals surface area (Å²) in [5.74, 6) is -0.0936. The Morgan fingerprint density at radius 3 is 3.05 bits per heavy atom. The monoisotopic (exact) mass is 310 g/mol. The number of aromatic nitrogens is 1. The van der Waals surface area contributed by atoms with E-state index >= 15 is 0 Å². The highest BCUT2D eigenvalue weighted by molar-refractivity contribution is 7.07. The van der Waals surface area contributed by atoms with Crippen molar-refractivity contribution in [3.05, 3.63) is 16.6 Å². The molecule has 114 valence electrons. The first kappa shape index (κ1) is 14.3. The van der Waals surface area contributed by atoms with E-state index in [-0.39, 0.29) is 12.5 Å². The lowest BCUT2D eigenvalue weighted by atomic mass is 10.3. The highest BCUT2D eigenvalue weighted by atomic mass is 32.1. The molecular formula is C13H18N4O3S. The van der Waals surface area contributed by atoms with Crippen molar-refractivity contribution in [3.8, 4) is 0 Å². The number of nitrogens with zero attached hydrogens (tertiary/aromatic N) is 3. The predicted molar refractivity (Wildman–Crippen MR) is 76.9 cm³/mol. The SMILES string of the molecule is O=C1NC[C@@H](C(=O)N2CCCN(Cc3cscn3)CC2)O1. The Bertz CT molecular complexity index is 508. The van der Waals surface area contributed by atoms with Crippen molar-refractivity contribution in [2.75, 3.05) is 32.7 Å². The molecule has 0 spiro atoms. The number of cyclic esters (lactones) is 1. The normalized spacial score (nSPS) is 23.5. The van der Waals surface area contributed by atoms with Crippen LogP contribution in [0.4, 0.5) is 4.79 Å². The second-order valence-electron chi connectivity index (χ2n) is 5.21. The van der Waals surface area contributed by atoms with Crippen molar-refractivity contribution in [3.63, 3.8) is 0 Å². The van der Waals surface area contributed by atoms with Crippen LogP contribution < -0.4 is 5.32 Å². The van der Waals surface area contributed by atoms with Gasteiger partial charge in [0.1, 0.15) is 0 Å². The maximum atomic E-state index is 12.3. The molecule has 2 aliphatic rings. The second kappa shape index (κ2) is 6.40. The van der Waals surface area contributed by atoms with Gasteiger partial charge in [-0.05, 0) is 6.42 Å². The Balaban J connectivity index is 1.53. The molecule has 2 amide bonds. The van der Waals surface area contributed by atoms with Crippen LogP contribution in [-0.4, -0.2) is 65.6 Å². The van der Waals surface area contributed by atoms with Crippen LogP contribution in [0.3, 0.4) is 0 Å². The molecule has 8 heteroatoms. The first-order chi connectivity index (χ1) is 10.2. The Kier molecular flexibility index (Phi) is 4.35. The van der Waals surface area contributed by atoms with E-state index in [4.69, 9.17) is 4.74 Å². The minimum absolute atomic E-state index is 0.0936. The summed E-state index contributed by atoms with van der Waals surface area (Å²) in [7, 11) is 0. The third-order valence-corrected chi connectivity index (χ3v) is 4.36. The summed E-state index contributed by atoms with van der Waals surface area (Å²) in [6.45, 7) is 4.24. The van der Waals surface area contributed by atoms with Gasteiger partial charge in [0.25, 0.3) is 5.91 Å². The van der Waals surface area contributed by atoms with Crippen LogP contribution >= 0.6 is 11.3 Å². The lowest BCUT2D eigenvalue weighted by Gasteiger charge is -2.23. The number of ether oxygens (including phenoxy) is 1. The van der Waals surface area contributed by atoms with Gasteiger partial charge in [-0.1, -0.05) is 0 Å². The molecule has 1 atom stereocenters. The van der Waals surface area contributed by atoms with Crippen molar-refractivity contribution in [1.82, 2.24) is 20.1 Å². The topological polar surface area (TPSA) is 74.8 Å². The van der Waals surface area contributed by atoms with Crippen molar-refractivity contribution in [2.45, 2.75) is 19.1 Å². The van der Waals surface area contributed by atoms with Gasteiger partial charge < -0.3 is 15.0 Å². The third-order valence-electron chi connectivity index (χ3n) is 3.73. The van der Waals surface area contributed by atoms with Crippen molar-refractivity contribution in [2.24, 2.45) is 0 Å². The molecule has 0 radical (unpaired) electrons. The number of alkyl carbamates (subject to hydrolysis) is 1. The van der Waals surface area contributed by atoms with Crippen LogP contribution in [0, 0.1) is 0 Å². The van der Waals surface area contributed by atoms with E-state index in [2.05, 4.69) is 20.6 Å². The van der Waals surface area contributed by atoms with Crippen molar-refractivity contribution in [1.29, 1.82) is 0 Å².